The molecule has 2 aromatic rings. The highest BCUT2D eigenvalue weighted by Crippen LogP contribution is 2.29. The number of halogens is 1. The molecule has 1 fully saturated rings. The number of carbonyl (C=O) groups is 3. The van der Waals surface area contributed by atoms with Crippen molar-refractivity contribution in [3.05, 3.63) is 69.8 Å². The Morgan fingerprint density at radius 1 is 1.00 bits per heavy atom. The number of barbiturate groups is 1. The Balaban J connectivity index is 2.09. The summed E-state index contributed by atoms with van der Waals surface area (Å²) in [6, 6.07) is 11.5. The van der Waals surface area contributed by atoms with Gasteiger partial charge >= 0.3 is 6.03 Å². The quantitative estimate of drug-likeness (QED) is 0.661. The molecule has 5 nitrogen and oxygen atoms in total. The minimum atomic E-state index is -0.790. The normalized spacial score (nSPS) is 16.4. The number of rotatable bonds is 2. The molecule has 4 amide bonds. The first-order valence-electron chi connectivity index (χ1n) is 7.62. The van der Waals surface area contributed by atoms with E-state index in [-0.39, 0.29) is 5.57 Å². The van der Waals surface area contributed by atoms with E-state index in [9.17, 15) is 14.4 Å². The van der Waals surface area contributed by atoms with Gasteiger partial charge in [-0.15, -0.1) is 0 Å². The van der Waals surface area contributed by atoms with Crippen molar-refractivity contribution in [1.29, 1.82) is 0 Å². The van der Waals surface area contributed by atoms with Crippen molar-refractivity contribution in [2.24, 2.45) is 0 Å². The highest BCUT2D eigenvalue weighted by molar-refractivity contribution is 6.40. The average Bonchev–Trinajstić information content (AvgIpc) is 2.56. The summed E-state index contributed by atoms with van der Waals surface area (Å²) >= 11 is 6.09. The largest absolute Gasteiger partial charge is 0.335 e. The minimum absolute atomic E-state index is 0.103. The number of imide groups is 2. The standard InChI is InChI=1S/C19H15ClN2O3/c1-11-6-3-4-7-13(11)10-14-17(23)21-19(25)22(18(14)24)16-9-5-8-15(20)12(16)2/h3-10H,1-2H3,(H,21,23,25)/b14-10+. The molecule has 1 heterocycles. The monoisotopic (exact) mass is 354 g/mol. The number of hydrogen-bond donors (Lipinski definition) is 1. The summed E-state index contributed by atoms with van der Waals surface area (Å²) < 4.78 is 0. The van der Waals surface area contributed by atoms with E-state index in [1.807, 2.05) is 25.1 Å². The highest BCUT2D eigenvalue weighted by atomic mass is 35.5. The van der Waals surface area contributed by atoms with Crippen LogP contribution in [0.1, 0.15) is 16.7 Å². The Kier molecular flexibility index (Phi) is 4.42. The lowest BCUT2D eigenvalue weighted by molar-refractivity contribution is -0.122. The van der Waals surface area contributed by atoms with Gasteiger partial charge in [0.1, 0.15) is 5.57 Å². The Morgan fingerprint density at radius 2 is 1.72 bits per heavy atom. The number of nitrogens with one attached hydrogen (secondary N) is 1. The van der Waals surface area contributed by atoms with Gasteiger partial charge in [0.15, 0.2) is 0 Å². The first kappa shape index (κ1) is 16.9. The maximum Gasteiger partial charge on any atom is 0.335 e. The highest BCUT2D eigenvalue weighted by Gasteiger charge is 2.37. The van der Waals surface area contributed by atoms with E-state index in [2.05, 4.69) is 5.32 Å². The van der Waals surface area contributed by atoms with Crippen LogP contribution < -0.4 is 10.2 Å². The zero-order chi connectivity index (χ0) is 18.1. The SMILES string of the molecule is Cc1ccccc1/C=C1\C(=O)NC(=O)N(c2cccc(Cl)c2C)C1=O. The second-order valence-corrected chi connectivity index (χ2v) is 6.11. The zero-order valence-electron chi connectivity index (χ0n) is 13.7. The number of urea groups is 1. The molecule has 0 spiro atoms. The lowest BCUT2D eigenvalue weighted by Gasteiger charge is -2.27. The Hall–Kier alpha value is -2.92. The molecule has 0 unspecified atom stereocenters. The van der Waals surface area contributed by atoms with E-state index in [4.69, 9.17) is 11.6 Å². The molecule has 6 heteroatoms. The average molecular weight is 355 g/mol. The van der Waals surface area contributed by atoms with Crippen molar-refractivity contribution in [2.45, 2.75) is 13.8 Å². The molecule has 3 rings (SSSR count). The number of carbonyl (C=O) groups excluding carboxylic acids is 3. The molecule has 1 N–H and O–H groups in total. The third kappa shape index (κ3) is 3.06. The van der Waals surface area contributed by atoms with Gasteiger partial charge in [0.2, 0.25) is 0 Å². The zero-order valence-corrected chi connectivity index (χ0v) is 14.4. The number of aryl methyl sites for hydroxylation is 1. The third-order valence-corrected chi connectivity index (χ3v) is 4.48. The first-order valence-corrected chi connectivity index (χ1v) is 8.00. The summed E-state index contributed by atoms with van der Waals surface area (Å²) in [5.41, 5.74) is 2.47. The van der Waals surface area contributed by atoms with Crippen LogP contribution in [0.4, 0.5) is 10.5 Å². The number of benzene rings is 2. The minimum Gasteiger partial charge on any atom is -0.273 e. The van der Waals surface area contributed by atoms with Gasteiger partial charge in [-0.25, -0.2) is 9.69 Å². The Morgan fingerprint density at radius 3 is 2.44 bits per heavy atom. The fraction of sp³-hybridized carbons (Fsp3) is 0.105. The smallest absolute Gasteiger partial charge is 0.273 e. The van der Waals surface area contributed by atoms with Gasteiger partial charge in [0, 0.05) is 5.02 Å². The predicted octanol–water partition coefficient (Wildman–Crippen LogP) is 3.62. The molecule has 2 aromatic carbocycles. The van der Waals surface area contributed by atoms with E-state index in [1.54, 1.807) is 31.2 Å². The van der Waals surface area contributed by atoms with Crippen molar-refractivity contribution in [3.63, 3.8) is 0 Å². The van der Waals surface area contributed by atoms with Crippen molar-refractivity contribution in [2.75, 3.05) is 4.90 Å². The fourth-order valence-corrected chi connectivity index (χ4v) is 2.79. The fourth-order valence-electron chi connectivity index (χ4n) is 2.62. The molecule has 0 aromatic heterocycles. The van der Waals surface area contributed by atoms with Crippen molar-refractivity contribution in [3.8, 4) is 0 Å². The summed E-state index contributed by atoms with van der Waals surface area (Å²) in [6.45, 7) is 3.58. The summed E-state index contributed by atoms with van der Waals surface area (Å²) in [5.74, 6) is -1.39. The second kappa shape index (κ2) is 6.53. The van der Waals surface area contributed by atoms with Gasteiger partial charge in [-0.1, -0.05) is 41.9 Å². The molecule has 1 aliphatic rings. The van der Waals surface area contributed by atoms with E-state index in [0.29, 0.717) is 16.3 Å². The number of anilines is 1. The van der Waals surface area contributed by atoms with Gasteiger partial charge in [0.25, 0.3) is 11.8 Å². The predicted molar refractivity (Wildman–Crippen MR) is 96.4 cm³/mol. The number of hydrogen-bond acceptors (Lipinski definition) is 3. The van der Waals surface area contributed by atoms with Crippen LogP contribution in [-0.4, -0.2) is 17.8 Å². The number of amides is 4. The molecule has 0 radical (unpaired) electrons. The summed E-state index contributed by atoms with van der Waals surface area (Å²) in [6.07, 6.45) is 1.49. The molecular weight excluding hydrogens is 340 g/mol. The van der Waals surface area contributed by atoms with Crippen LogP contribution in [-0.2, 0) is 9.59 Å². The molecule has 126 valence electrons. The van der Waals surface area contributed by atoms with E-state index in [1.165, 1.54) is 6.08 Å². The van der Waals surface area contributed by atoms with Crippen LogP contribution in [0.15, 0.2) is 48.0 Å². The molecule has 1 aliphatic heterocycles. The van der Waals surface area contributed by atoms with Gasteiger partial charge in [0.05, 0.1) is 5.69 Å². The molecule has 0 saturated carbocycles. The van der Waals surface area contributed by atoms with E-state index >= 15 is 0 Å². The Bertz CT molecular complexity index is 934. The van der Waals surface area contributed by atoms with Crippen molar-refractivity contribution in [1.82, 2.24) is 5.32 Å². The van der Waals surface area contributed by atoms with Crippen LogP contribution in [0.25, 0.3) is 6.08 Å². The summed E-state index contributed by atoms with van der Waals surface area (Å²) in [4.78, 5) is 38.2. The molecule has 25 heavy (non-hydrogen) atoms. The molecule has 0 atom stereocenters. The third-order valence-electron chi connectivity index (χ3n) is 4.07. The summed E-state index contributed by atoms with van der Waals surface area (Å²) in [5, 5.41) is 2.64. The van der Waals surface area contributed by atoms with Gasteiger partial charge in [-0.2, -0.15) is 0 Å². The number of nitrogens with zero attached hydrogens (tertiary/aromatic N) is 1. The van der Waals surface area contributed by atoms with Crippen LogP contribution in [0.2, 0.25) is 5.02 Å². The topological polar surface area (TPSA) is 66.5 Å². The van der Waals surface area contributed by atoms with Gasteiger partial charge < -0.3 is 0 Å². The van der Waals surface area contributed by atoms with Gasteiger partial charge in [-0.05, 0) is 48.7 Å². The maximum atomic E-state index is 12.9. The van der Waals surface area contributed by atoms with E-state index < -0.39 is 17.8 Å². The molecule has 0 bridgehead atoms. The van der Waals surface area contributed by atoms with Crippen LogP contribution >= 0.6 is 11.6 Å². The van der Waals surface area contributed by atoms with Crippen molar-refractivity contribution >= 4 is 41.2 Å². The maximum absolute atomic E-state index is 12.9. The van der Waals surface area contributed by atoms with Crippen LogP contribution in [0.3, 0.4) is 0 Å². The van der Waals surface area contributed by atoms with Crippen molar-refractivity contribution < 1.29 is 14.4 Å². The first-order chi connectivity index (χ1) is 11.9. The van der Waals surface area contributed by atoms with E-state index in [0.717, 1.165) is 16.0 Å². The van der Waals surface area contributed by atoms with Gasteiger partial charge in [-0.3, -0.25) is 14.9 Å². The molecule has 1 saturated heterocycles. The summed E-state index contributed by atoms with van der Waals surface area (Å²) in [7, 11) is 0. The molecular formula is C19H15ClN2O3. The van der Waals surface area contributed by atoms with Crippen LogP contribution in [0.5, 0.6) is 0 Å². The lowest BCUT2D eigenvalue weighted by atomic mass is 10.0. The second-order valence-electron chi connectivity index (χ2n) is 5.70. The molecule has 0 aliphatic carbocycles. The Labute approximate surface area is 149 Å². The van der Waals surface area contributed by atoms with Crippen LogP contribution in [0, 0.1) is 13.8 Å². The lowest BCUT2D eigenvalue weighted by Crippen LogP contribution is -2.54.